The van der Waals surface area contributed by atoms with Crippen molar-refractivity contribution in [3.05, 3.63) is 0 Å². The number of hydrogen-bond donors (Lipinski definition) is 3. The van der Waals surface area contributed by atoms with Crippen molar-refractivity contribution in [1.82, 2.24) is 0 Å². The molecule has 0 aromatic heterocycles. The standard InChI is InChI=1S/C27H48O10/c1-4-5-6-13-16-21(17-14-11-9-7-8-10-12-15-18-23(30)33-3)26-27(37-36-26,34-20(2)29)25(32)24(31)22(19-28)35-26/h21-22,24-25,28,31-32H,4-19H2,1-3H3/t21?,22-,24+,25+,26?,27+/m1/s1. The predicted molar refractivity (Wildman–Crippen MR) is 134 cm³/mol. The molecule has 0 spiro atoms. The van der Waals surface area contributed by atoms with Crippen LogP contribution in [0.3, 0.4) is 0 Å². The molecule has 3 N–H and O–H groups in total. The van der Waals surface area contributed by atoms with Crippen LogP contribution in [0.2, 0.25) is 0 Å². The Morgan fingerprint density at radius 1 is 0.892 bits per heavy atom. The topological polar surface area (TPSA) is 141 Å². The molecule has 2 rings (SSSR count). The monoisotopic (exact) mass is 532 g/mol. The Morgan fingerprint density at radius 3 is 1.95 bits per heavy atom. The maximum absolute atomic E-state index is 12.0. The first-order valence-corrected chi connectivity index (χ1v) is 14.1. The molecule has 2 saturated heterocycles. The van der Waals surface area contributed by atoms with Gasteiger partial charge in [0.05, 0.1) is 13.7 Å². The summed E-state index contributed by atoms with van der Waals surface area (Å²) < 4.78 is 16.2. The summed E-state index contributed by atoms with van der Waals surface area (Å²) >= 11 is 0. The fourth-order valence-corrected chi connectivity index (χ4v) is 5.41. The number of aliphatic hydroxyl groups is 3. The van der Waals surface area contributed by atoms with Crippen molar-refractivity contribution in [2.24, 2.45) is 5.92 Å². The molecule has 10 heteroatoms. The Hall–Kier alpha value is -1.30. The zero-order chi connectivity index (χ0) is 27.3. The van der Waals surface area contributed by atoms with Crippen molar-refractivity contribution in [2.45, 2.75) is 140 Å². The average Bonchev–Trinajstić information content (AvgIpc) is 2.88. The lowest BCUT2D eigenvalue weighted by Crippen LogP contribution is -2.84. The molecule has 2 heterocycles. The van der Waals surface area contributed by atoms with E-state index >= 15 is 0 Å². The van der Waals surface area contributed by atoms with Gasteiger partial charge in [0.2, 0.25) is 0 Å². The third-order valence-corrected chi connectivity index (χ3v) is 7.53. The van der Waals surface area contributed by atoms with Crippen LogP contribution in [0.15, 0.2) is 0 Å². The number of esters is 2. The van der Waals surface area contributed by atoms with Gasteiger partial charge in [-0.1, -0.05) is 77.6 Å². The highest BCUT2D eigenvalue weighted by Crippen LogP contribution is 2.56. The maximum atomic E-state index is 12.0. The minimum atomic E-state index is -1.98. The smallest absolute Gasteiger partial charge is 0.328 e. The van der Waals surface area contributed by atoms with Crippen LogP contribution < -0.4 is 0 Å². The van der Waals surface area contributed by atoms with Gasteiger partial charge in [0.1, 0.15) is 12.2 Å². The molecule has 0 amide bonds. The van der Waals surface area contributed by atoms with E-state index in [1.807, 2.05) is 0 Å². The lowest BCUT2D eigenvalue weighted by Gasteiger charge is -2.62. The second-order valence-corrected chi connectivity index (χ2v) is 10.4. The fraction of sp³-hybridized carbons (Fsp3) is 0.926. The molecule has 0 aliphatic carbocycles. The molecule has 0 aromatic carbocycles. The Bertz CT molecular complexity index is 688. The minimum Gasteiger partial charge on any atom is -0.469 e. The first-order chi connectivity index (χ1) is 17.8. The van der Waals surface area contributed by atoms with Crippen molar-refractivity contribution in [3.8, 4) is 0 Å². The normalized spacial score (nSPS) is 29.7. The largest absolute Gasteiger partial charge is 0.469 e. The van der Waals surface area contributed by atoms with Gasteiger partial charge in [-0.2, -0.15) is 9.78 Å². The van der Waals surface area contributed by atoms with Crippen molar-refractivity contribution < 1.29 is 48.9 Å². The van der Waals surface area contributed by atoms with Gasteiger partial charge in [-0.25, -0.2) is 0 Å². The molecule has 2 unspecified atom stereocenters. The molecule has 2 fully saturated rings. The molecular formula is C27H48O10. The van der Waals surface area contributed by atoms with Crippen LogP contribution in [0.25, 0.3) is 0 Å². The summed E-state index contributed by atoms with van der Waals surface area (Å²) in [4.78, 5) is 33.9. The summed E-state index contributed by atoms with van der Waals surface area (Å²) in [5.41, 5.74) is 0. The summed E-state index contributed by atoms with van der Waals surface area (Å²) in [5.74, 6) is -4.70. The Morgan fingerprint density at radius 2 is 1.46 bits per heavy atom. The number of methoxy groups -OCH3 is 1. The summed E-state index contributed by atoms with van der Waals surface area (Å²) in [6.45, 7) is 2.81. The van der Waals surface area contributed by atoms with Crippen LogP contribution >= 0.6 is 0 Å². The lowest BCUT2D eigenvalue weighted by atomic mass is 9.76. The molecule has 2 aliphatic rings. The summed E-state index contributed by atoms with van der Waals surface area (Å²) in [6, 6.07) is 0. The van der Waals surface area contributed by atoms with Gasteiger partial charge in [-0.05, 0) is 19.3 Å². The van der Waals surface area contributed by atoms with E-state index in [2.05, 4.69) is 11.7 Å². The summed E-state index contributed by atoms with van der Waals surface area (Å²) in [5, 5.41) is 31.2. The van der Waals surface area contributed by atoms with Gasteiger partial charge in [0, 0.05) is 19.3 Å². The predicted octanol–water partition coefficient (Wildman–Crippen LogP) is 3.68. The van der Waals surface area contributed by atoms with Crippen LogP contribution in [0, 0.1) is 5.92 Å². The van der Waals surface area contributed by atoms with Crippen molar-refractivity contribution in [2.75, 3.05) is 13.7 Å². The molecule has 0 bridgehead atoms. The first kappa shape index (κ1) is 31.9. The molecular weight excluding hydrogens is 484 g/mol. The van der Waals surface area contributed by atoms with Gasteiger partial charge in [0.15, 0.2) is 6.10 Å². The molecule has 37 heavy (non-hydrogen) atoms. The molecule has 2 aliphatic heterocycles. The minimum absolute atomic E-state index is 0.156. The van der Waals surface area contributed by atoms with Gasteiger partial charge < -0.3 is 29.5 Å². The highest BCUT2D eigenvalue weighted by molar-refractivity contribution is 5.69. The second kappa shape index (κ2) is 16.0. The molecule has 0 saturated carbocycles. The van der Waals surface area contributed by atoms with E-state index in [-0.39, 0.29) is 11.9 Å². The van der Waals surface area contributed by atoms with E-state index in [0.29, 0.717) is 19.3 Å². The van der Waals surface area contributed by atoms with E-state index in [9.17, 15) is 24.9 Å². The molecule has 216 valence electrons. The first-order valence-electron chi connectivity index (χ1n) is 14.1. The highest BCUT2D eigenvalue weighted by atomic mass is 17.3. The molecule has 6 atom stereocenters. The van der Waals surface area contributed by atoms with Gasteiger partial charge in [0.25, 0.3) is 5.79 Å². The van der Waals surface area contributed by atoms with Crippen LogP contribution in [0.5, 0.6) is 0 Å². The fourth-order valence-electron chi connectivity index (χ4n) is 5.41. The van der Waals surface area contributed by atoms with E-state index in [4.69, 9.17) is 19.2 Å². The quantitative estimate of drug-likeness (QED) is 0.128. The Labute approximate surface area is 220 Å². The van der Waals surface area contributed by atoms with E-state index < -0.39 is 42.5 Å². The number of fused-ring (bicyclic) bond motifs is 1. The van der Waals surface area contributed by atoms with Crippen molar-refractivity contribution in [1.29, 1.82) is 0 Å². The van der Waals surface area contributed by atoms with E-state index in [1.54, 1.807) is 0 Å². The van der Waals surface area contributed by atoms with Crippen molar-refractivity contribution >= 4 is 11.9 Å². The summed E-state index contributed by atoms with van der Waals surface area (Å²) in [7, 11) is 1.41. The number of hydrogen-bond acceptors (Lipinski definition) is 10. The number of carbonyl (C=O) groups excluding carboxylic acids is 2. The SMILES string of the molecule is CCCCCCC(CCCCCCCCCCC(=O)OC)C12OO[C@@]1(OC(C)=O)[C@@H](O)[C@@H](O)[C@@H](CO)O2. The number of rotatable bonds is 19. The third kappa shape index (κ3) is 8.10. The zero-order valence-corrected chi connectivity index (χ0v) is 22.8. The summed E-state index contributed by atoms with van der Waals surface area (Å²) in [6.07, 6.45) is 9.88. The number of carbonyl (C=O) groups is 2. The van der Waals surface area contributed by atoms with Crippen LogP contribution in [-0.4, -0.2) is 70.9 Å². The maximum Gasteiger partial charge on any atom is 0.328 e. The van der Waals surface area contributed by atoms with Gasteiger partial charge in [-0.3, -0.25) is 9.59 Å². The lowest BCUT2D eigenvalue weighted by molar-refractivity contribution is -0.691. The zero-order valence-electron chi connectivity index (χ0n) is 22.8. The number of unbranched alkanes of at least 4 members (excludes halogenated alkanes) is 10. The Kier molecular flexibility index (Phi) is 13.8. The highest BCUT2D eigenvalue weighted by Gasteiger charge is 2.80. The molecule has 0 radical (unpaired) electrons. The molecule has 10 nitrogen and oxygen atoms in total. The Balaban J connectivity index is 1.96. The van der Waals surface area contributed by atoms with Crippen LogP contribution in [0.4, 0.5) is 0 Å². The average molecular weight is 533 g/mol. The van der Waals surface area contributed by atoms with E-state index in [1.165, 1.54) is 14.0 Å². The number of ether oxygens (including phenoxy) is 3. The number of aliphatic hydroxyl groups excluding tert-OH is 3. The van der Waals surface area contributed by atoms with Crippen LogP contribution in [-0.2, 0) is 33.6 Å². The van der Waals surface area contributed by atoms with Gasteiger partial charge >= 0.3 is 17.7 Å². The third-order valence-electron chi connectivity index (χ3n) is 7.53. The van der Waals surface area contributed by atoms with E-state index in [0.717, 1.165) is 77.0 Å². The second-order valence-electron chi connectivity index (χ2n) is 10.4. The van der Waals surface area contributed by atoms with Crippen molar-refractivity contribution in [3.63, 3.8) is 0 Å². The van der Waals surface area contributed by atoms with Gasteiger partial charge in [-0.15, -0.1) is 0 Å². The molecule has 0 aromatic rings. The van der Waals surface area contributed by atoms with Crippen LogP contribution in [0.1, 0.15) is 110 Å².